The number of carbonyl (C=O) groups is 1. The fourth-order valence-electron chi connectivity index (χ4n) is 2.01. The summed E-state index contributed by atoms with van der Waals surface area (Å²) in [7, 11) is 0. The van der Waals surface area contributed by atoms with E-state index in [1.807, 2.05) is 13.8 Å². The van der Waals surface area contributed by atoms with Gasteiger partial charge in [0.1, 0.15) is 0 Å². The first kappa shape index (κ1) is 13.4. The Bertz CT molecular complexity index is 237. The van der Waals surface area contributed by atoms with Crippen molar-refractivity contribution >= 4 is 5.91 Å². The van der Waals surface area contributed by atoms with E-state index in [0.717, 1.165) is 0 Å². The fraction of sp³-hybridized carbons (Fsp3) is 0.900. The number of morpholine rings is 1. The predicted molar refractivity (Wildman–Crippen MR) is 59.4 cm³/mol. The number of nitrogens with two attached hydrogens (primary N) is 1. The van der Waals surface area contributed by atoms with Crippen LogP contribution in [0, 0.1) is 0 Å². The van der Waals surface area contributed by atoms with Gasteiger partial charge < -0.3 is 9.84 Å². The molecule has 6 nitrogen and oxygen atoms in total. The highest BCUT2D eigenvalue weighted by molar-refractivity contribution is 5.75. The molecule has 0 spiro atoms. The number of hydrogen-bond acceptors (Lipinski definition) is 5. The number of carbonyl (C=O) groups excluding carboxylic acids is 1. The molecule has 6 heteroatoms. The summed E-state index contributed by atoms with van der Waals surface area (Å²) >= 11 is 0. The zero-order valence-corrected chi connectivity index (χ0v) is 9.85. The molecule has 1 saturated heterocycles. The van der Waals surface area contributed by atoms with Crippen molar-refractivity contribution in [1.82, 2.24) is 10.3 Å². The molecule has 1 aliphatic rings. The third kappa shape index (κ3) is 3.41. The normalized spacial score (nSPS) is 28.8. The fourth-order valence-corrected chi connectivity index (χ4v) is 2.01. The van der Waals surface area contributed by atoms with Gasteiger partial charge in [0.15, 0.2) is 0 Å². The maximum atomic E-state index is 11.2. The number of aliphatic hydroxyl groups is 1. The zero-order valence-electron chi connectivity index (χ0n) is 9.85. The number of nitrogens with one attached hydrogen (secondary N) is 1. The van der Waals surface area contributed by atoms with Gasteiger partial charge in [-0.1, -0.05) is 0 Å². The van der Waals surface area contributed by atoms with Crippen molar-refractivity contribution in [2.45, 2.75) is 38.5 Å². The lowest BCUT2D eigenvalue weighted by molar-refractivity contribution is -0.125. The molecule has 0 saturated carbocycles. The maximum absolute atomic E-state index is 11.2. The number of hydrazine groups is 1. The van der Waals surface area contributed by atoms with Gasteiger partial charge in [0.2, 0.25) is 5.91 Å². The van der Waals surface area contributed by atoms with Crippen LogP contribution in [0.2, 0.25) is 0 Å². The Balaban J connectivity index is 2.51. The average molecular weight is 231 g/mol. The summed E-state index contributed by atoms with van der Waals surface area (Å²) in [6, 6.07) is 0.347. The molecule has 1 heterocycles. The third-order valence-corrected chi connectivity index (χ3v) is 2.97. The average Bonchev–Trinajstić information content (AvgIpc) is 2.29. The smallest absolute Gasteiger partial charge is 0.235 e. The molecule has 0 aromatic rings. The van der Waals surface area contributed by atoms with Crippen LogP contribution in [0.4, 0.5) is 0 Å². The van der Waals surface area contributed by atoms with E-state index in [1.54, 1.807) is 0 Å². The molecule has 0 aromatic heterocycles. The Morgan fingerprint density at radius 3 is 3.00 bits per heavy atom. The Morgan fingerprint density at radius 2 is 2.44 bits per heavy atom. The number of nitrogens with zero attached hydrogens (tertiary/aromatic N) is 1. The quantitative estimate of drug-likeness (QED) is 0.322. The molecule has 1 rings (SSSR count). The summed E-state index contributed by atoms with van der Waals surface area (Å²) < 4.78 is 5.43. The van der Waals surface area contributed by atoms with Crippen LogP contribution in [0.1, 0.15) is 20.3 Å². The topological polar surface area (TPSA) is 87.8 Å². The minimum absolute atomic E-state index is 0.0129. The molecule has 4 N–H and O–H groups in total. The van der Waals surface area contributed by atoms with E-state index >= 15 is 0 Å². The highest BCUT2D eigenvalue weighted by Crippen LogP contribution is 2.16. The Labute approximate surface area is 95.7 Å². The molecule has 0 bridgehead atoms. The van der Waals surface area contributed by atoms with E-state index in [0.29, 0.717) is 19.6 Å². The highest BCUT2D eigenvalue weighted by Gasteiger charge is 2.29. The maximum Gasteiger partial charge on any atom is 0.235 e. The van der Waals surface area contributed by atoms with Crippen molar-refractivity contribution in [2.24, 2.45) is 5.84 Å². The molecule has 1 amide bonds. The second-order valence-electron chi connectivity index (χ2n) is 4.30. The Hall–Kier alpha value is -0.690. The number of hydrogen-bond donors (Lipinski definition) is 3. The zero-order chi connectivity index (χ0) is 12.1. The van der Waals surface area contributed by atoms with Crippen LogP contribution in [0.3, 0.4) is 0 Å². The molecule has 3 unspecified atom stereocenters. The van der Waals surface area contributed by atoms with Crippen LogP contribution >= 0.6 is 0 Å². The second-order valence-corrected chi connectivity index (χ2v) is 4.30. The van der Waals surface area contributed by atoms with Crippen molar-refractivity contribution in [3.8, 4) is 0 Å². The van der Waals surface area contributed by atoms with Crippen LogP contribution < -0.4 is 11.3 Å². The molecular formula is C10H21N3O3. The van der Waals surface area contributed by atoms with Gasteiger partial charge in [0.25, 0.3) is 0 Å². The van der Waals surface area contributed by atoms with Crippen LogP contribution in [0.5, 0.6) is 0 Å². The first-order chi connectivity index (χ1) is 7.58. The van der Waals surface area contributed by atoms with Gasteiger partial charge in [-0.25, -0.2) is 5.84 Å². The molecular weight excluding hydrogens is 210 g/mol. The molecule has 1 fully saturated rings. The van der Waals surface area contributed by atoms with E-state index in [9.17, 15) is 4.79 Å². The highest BCUT2D eigenvalue weighted by atomic mass is 16.5. The van der Waals surface area contributed by atoms with Gasteiger partial charge in [-0.3, -0.25) is 15.1 Å². The summed E-state index contributed by atoms with van der Waals surface area (Å²) in [5, 5.41) is 9.05. The lowest BCUT2D eigenvalue weighted by atomic mass is 10.1. The van der Waals surface area contributed by atoms with Crippen molar-refractivity contribution in [3.05, 3.63) is 0 Å². The van der Waals surface area contributed by atoms with Gasteiger partial charge in [0, 0.05) is 25.0 Å². The second kappa shape index (κ2) is 6.15. The summed E-state index contributed by atoms with van der Waals surface area (Å²) in [6.45, 7) is 5.27. The van der Waals surface area contributed by atoms with Crippen LogP contribution in [-0.2, 0) is 9.53 Å². The SMILES string of the molecule is CC1COC(CO)CN1C(C)CC(=O)NN. The van der Waals surface area contributed by atoms with Crippen molar-refractivity contribution in [3.63, 3.8) is 0 Å². The monoisotopic (exact) mass is 231 g/mol. The minimum atomic E-state index is -0.174. The summed E-state index contributed by atoms with van der Waals surface area (Å²) in [4.78, 5) is 13.3. The van der Waals surface area contributed by atoms with Crippen molar-refractivity contribution in [1.29, 1.82) is 0 Å². The van der Waals surface area contributed by atoms with Gasteiger partial charge in [-0.15, -0.1) is 0 Å². The van der Waals surface area contributed by atoms with E-state index < -0.39 is 0 Å². The van der Waals surface area contributed by atoms with E-state index in [4.69, 9.17) is 15.7 Å². The molecule has 3 atom stereocenters. The van der Waals surface area contributed by atoms with Crippen LogP contribution in [-0.4, -0.2) is 53.9 Å². The molecule has 0 aromatic carbocycles. The standard InChI is InChI=1S/C10H21N3O3/c1-7(3-10(15)12-11)13-4-9(5-14)16-6-8(13)2/h7-9,14H,3-6,11H2,1-2H3,(H,12,15). The number of ether oxygens (including phenoxy) is 1. The van der Waals surface area contributed by atoms with Crippen molar-refractivity contribution in [2.75, 3.05) is 19.8 Å². The van der Waals surface area contributed by atoms with Crippen LogP contribution in [0.15, 0.2) is 0 Å². The molecule has 16 heavy (non-hydrogen) atoms. The minimum Gasteiger partial charge on any atom is -0.394 e. The summed E-state index contributed by atoms with van der Waals surface area (Å²) in [5.41, 5.74) is 2.13. The summed E-state index contributed by atoms with van der Waals surface area (Å²) in [5.74, 6) is 4.88. The van der Waals surface area contributed by atoms with E-state index in [2.05, 4.69) is 10.3 Å². The Morgan fingerprint density at radius 1 is 1.75 bits per heavy atom. The predicted octanol–water partition coefficient (Wildman–Crippen LogP) is -1.16. The Kier molecular flexibility index (Phi) is 5.14. The lowest BCUT2D eigenvalue weighted by Crippen LogP contribution is -2.54. The molecule has 94 valence electrons. The molecule has 0 radical (unpaired) electrons. The van der Waals surface area contributed by atoms with E-state index in [-0.39, 0.29) is 30.7 Å². The molecule has 0 aliphatic carbocycles. The van der Waals surface area contributed by atoms with Gasteiger partial charge in [-0.2, -0.15) is 0 Å². The lowest BCUT2D eigenvalue weighted by Gasteiger charge is -2.40. The van der Waals surface area contributed by atoms with Gasteiger partial charge >= 0.3 is 0 Å². The number of amides is 1. The molecule has 1 aliphatic heterocycles. The van der Waals surface area contributed by atoms with E-state index in [1.165, 1.54) is 0 Å². The van der Waals surface area contributed by atoms with Gasteiger partial charge in [0.05, 0.1) is 19.3 Å². The largest absolute Gasteiger partial charge is 0.394 e. The first-order valence-corrected chi connectivity index (χ1v) is 5.56. The van der Waals surface area contributed by atoms with Crippen molar-refractivity contribution < 1.29 is 14.6 Å². The first-order valence-electron chi connectivity index (χ1n) is 5.56. The third-order valence-electron chi connectivity index (χ3n) is 2.97. The van der Waals surface area contributed by atoms with Crippen LogP contribution in [0.25, 0.3) is 0 Å². The van der Waals surface area contributed by atoms with Gasteiger partial charge in [-0.05, 0) is 13.8 Å². The number of aliphatic hydroxyl groups excluding tert-OH is 1. The summed E-state index contributed by atoms with van der Waals surface area (Å²) in [6.07, 6.45) is 0.207. The number of rotatable bonds is 4.